The van der Waals surface area contributed by atoms with Crippen LogP contribution in [0.3, 0.4) is 0 Å². The van der Waals surface area contributed by atoms with Crippen molar-refractivity contribution in [1.29, 1.82) is 0 Å². The van der Waals surface area contributed by atoms with E-state index < -0.39 is 0 Å². The topological polar surface area (TPSA) is 36.1 Å². The van der Waals surface area contributed by atoms with E-state index in [1.54, 1.807) is 0 Å². The number of rotatable bonds is 3. The van der Waals surface area contributed by atoms with E-state index in [0.29, 0.717) is 6.04 Å². The third kappa shape index (κ3) is 1.53. The highest BCUT2D eigenvalue weighted by Gasteiger charge is 2.34. The molecule has 0 spiro atoms. The van der Waals surface area contributed by atoms with Gasteiger partial charge in [0, 0.05) is 0 Å². The number of allylic oxidation sites excluding steroid dienone is 1. The molecule has 1 aliphatic carbocycles. The predicted molar refractivity (Wildman–Crippen MR) is 52.1 cm³/mol. The Morgan fingerprint density at radius 1 is 1.25 bits per heavy atom. The van der Waals surface area contributed by atoms with Crippen molar-refractivity contribution >= 4 is 0 Å². The van der Waals surface area contributed by atoms with Gasteiger partial charge in [-0.1, -0.05) is 12.2 Å². The molecule has 1 rings (SSSR count). The van der Waals surface area contributed by atoms with Gasteiger partial charge in [-0.3, -0.25) is 0 Å². The molecule has 0 heterocycles. The van der Waals surface area contributed by atoms with E-state index in [1.807, 2.05) is 21.1 Å². The normalized spacial score (nSPS) is 27.4. The van der Waals surface area contributed by atoms with Crippen LogP contribution in [0, 0.1) is 0 Å². The molecule has 0 fully saturated rings. The first kappa shape index (κ1) is 9.71. The molecule has 1 unspecified atom stereocenters. The second-order valence-corrected chi connectivity index (χ2v) is 3.20. The van der Waals surface area contributed by atoms with Crippen LogP contribution < -0.4 is 16.0 Å². The Kier molecular flexibility index (Phi) is 3.26. The van der Waals surface area contributed by atoms with Crippen molar-refractivity contribution in [2.75, 3.05) is 21.1 Å². The second-order valence-electron chi connectivity index (χ2n) is 3.20. The summed E-state index contributed by atoms with van der Waals surface area (Å²) in [7, 11) is 5.99. The van der Waals surface area contributed by atoms with Crippen LogP contribution in [0.1, 0.15) is 12.8 Å². The number of likely N-dealkylation sites (N-methyl/N-ethyl adjacent to an activating group) is 3. The summed E-state index contributed by atoms with van der Waals surface area (Å²) in [5, 5.41) is 9.97. The molecular formula is C9H19N3. The summed E-state index contributed by atoms with van der Waals surface area (Å²) in [6, 6.07) is 0.376. The minimum atomic E-state index is 0.0313. The van der Waals surface area contributed by atoms with Gasteiger partial charge in [-0.05, 0) is 34.0 Å². The lowest BCUT2D eigenvalue weighted by Gasteiger charge is -2.41. The standard InChI is InChI=1S/C9H19N3/c1-10-8-6-4-5-7-9(8,11-2)12-3/h4,6,8,10-12H,5,7H2,1-3H3. The first-order valence-electron chi connectivity index (χ1n) is 4.51. The van der Waals surface area contributed by atoms with E-state index in [1.165, 1.54) is 0 Å². The van der Waals surface area contributed by atoms with Crippen LogP contribution in [-0.4, -0.2) is 32.8 Å². The molecule has 3 N–H and O–H groups in total. The minimum Gasteiger partial charge on any atom is -0.311 e. The van der Waals surface area contributed by atoms with Gasteiger partial charge in [0.1, 0.15) is 0 Å². The zero-order valence-electron chi connectivity index (χ0n) is 8.15. The fourth-order valence-corrected chi connectivity index (χ4v) is 1.89. The van der Waals surface area contributed by atoms with Crippen LogP contribution in [0.4, 0.5) is 0 Å². The molecule has 12 heavy (non-hydrogen) atoms. The fourth-order valence-electron chi connectivity index (χ4n) is 1.89. The molecule has 0 aromatic rings. The summed E-state index contributed by atoms with van der Waals surface area (Å²) in [5.74, 6) is 0. The minimum absolute atomic E-state index is 0.0313. The highest BCUT2D eigenvalue weighted by molar-refractivity contribution is 5.11. The highest BCUT2D eigenvalue weighted by Crippen LogP contribution is 2.20. The Labute approximate surface area is 74.6 Å². The highest BCUT2D eigenvalue weighted by atomic mass is 15.2. The van der Waals surface area contributed by atoms with E-state index >= 15 is 0 Å². The summed E-state index contributed by atoms with van der Waals surface area (Å²) in [4.78, 5) is 0. The number of hydrogen-bond acceptors (Lipinski definition) is 3. The van der Waals surface area contributed by atoms with Crippen molar-refractivity contribution in [3.63, 3.8) is 0 Å². The summed E-state index contributed by atoms with van der Waals surface area (Å²) < 4.78 is 0. The molecule has 0 saturated heterocycles. The Hall–Kier alpha value is -0.380. The smallest absolute Gasteiger partial charge is 0.0879 e. The average Bonchev–Trinajstić information content (AvgIpc) is 2.17. The van der Waals surface area contributed by atoms with Gasteiger partial charge >= 0.3 is 0 Å². The van der Waals surface area contributed by atoms with Gasteiger partial charge in [0.25, 0.3) is 0 Å². The molecule has 0 amide bonds. The first-order chi connectivity index (χ1) is 5.79. The molecular weight excluding hydrogens is 150 g/mol. The summed E-state index contributed by atoms with van der Waals surface area (Å²) in [6.07, 6.45) is 6.71. The van der Waals surface area contributed by atoms with Gasteiger partial charge in [0.05, 0.1) is 11.7 Å². The zero-order valence-corrected chi connectivity index (χ0v) is 8.15. The molecule has 0 aromatic heterocycles. The molecule has 0 bridgehead atoms. The Morgan fingerprint density at radius 3 is 2.33 bits per heavy atom. The van der Waals surface area contributed by atoms with Crippen LogP contribution in [-0.2, 0) is 0 Å². The van der Waals surface area contributed by atoms with Gasteiger partial charge in [-0.25, -0.2) is 0 Å². The van der Waals surface area contributed by atoms with Crippen LogP contribution in [0.2, 0.25) is 0 Å². The van der Waals surface area contributed by atoms with Crippen molar-refractivity contribution < 1.29 is 0 Å². The molecule has 3 nitrogen and oxygen atoms in total. The summed E-state index contributed by atoms with van der Waals surface area (Å²) in [6.45, 7) is 0. The van der Waals surface area contributed by atoms with Crippen molar-refractivity contribution in [3.05, 3.63) is 12.2 Å². The maximum absolute atomic E-state index is 3.34. The lowest BCUT2D eigenvalue weighted by molar-refractivity contribution is 0.219. The Morgan fingerprint density at radius 2 is 1.92 bits per heavy atom. The average molecular weight is 169 g/mol. The summed E-state index contributed by atoms with van der Waals surface area (Å²) in [5.41, 5.74) is 0.0313. The molecule has 3 heteroatoms. The Bertz CT molecular complexity index is 161. The molecule has 0 aromatic carbocycles. The predicted octanol–water partition coefficient (Wildman–Crippen LogP) is 0.0595. The lowest BCUT2D eigenvalue weighted by Crippen LogP contribution is -2.65. The molecule has 70 valence electrons. The number of hydrogen-bond donors (Lipinski definition) is 3. The van der Waals surface area contributed by atoms with Gasteiger partial charge in [-0.2, -0.15) is 0 Å². The van der Waals surface area contributed by atoms with Gasteiger partial charge in [0.2, 0.25) is 0 Å². The van der Waals surface area contributed by atoms with E-state index in [4.69, 9.17) is 0 Å². The number of nitrogens with one attached hydrogen (secondary N) is 3. The quantitative estimate of drug-likeness (QED) is 0.413. The molecule has 0 aliphatic heterocycles. The van der Waals surface area contributed by atoms with E-state index in [2.05, 4.69) is 28.1 Å². The zero-order chi connectivity index (χ0) is 9.03. The van der Waals surface area contributed by atoms with Crippen molar-refractivity contribution in [2.24, 2.45) is 0 Å². The molecule has 1 atom stereocenters. The molecule has 0 radical (unpaired) electrons. The monoisotopic (exact) mass is 169 g/mol. The van der Waals surface area contributed by atoms with Crippen LogP contribution >= 0.6 is 0 Å². The SMILES string of the molecule is CNC1C=CCCC1(NC)NC. The maximum atomic E-state index is 3.34. The summed E-state index contributed by atoms with van der Waals surface area (Å²) >= 11 is 0. The van der Waals surface area contributed by atoms with Crippen molar-refractivity contribution in [1.82, 2.24) is 16.0 Å². The van der Waals surface area contributed by atoms with Gasteiger partial charge < -0.3 is 16.0 Å². The molecule has 0 saturated carbocycles. The van der Waals surface area contributed by atoms with Crippen LogP contribution in [0.25, 0.3) is 0 Å². The largest absolute Gasteiger partial charge is 0.311 e. The third-order valence-corrected chi connectivity index (χ3v) is 2.77. The van der Waals surface area contributed by atoms with E-state index in [-0.39, 0.29) is 5.66 Å². The fraction of sp³-hybridized carbons (Fsp3) is 0.778. The van der Waals surface area contributed by atoms with Crippen LogP contribution in [0.5, 0.6) is 0 Å². The van der Waals surface area contributed by atoms with Gasteiger partial charge in [-0.15, -0.1) is 0 Å². The van der Waals surface area contributed by atoms with E-state index in [0.717, 1.165) is 12.8 Å². The molecule has 1 aliphatic rings. The maximum Gasteiger partial charge on any atom is 0.0879 e. The van der Waals surface area contributed by atoms with Crippen molar-refractivity contribution in [3.8, 4) is 0 Å². The third-order valence-electron chi connectivity index (χ3n) is 2.77. The lowest BCUT2D eigenvalue weighted by atomic mass is 9.89. The van der Waals surface area contributed by atoms with Crippen molar-refractivity contribution in [2.45, 2.75) is 24.5 Å². The van der Waals surface area contributed by atoms with Crippen LogP contribution in [0.15, 0.2) is 12.2 Å². The second kappa shape index (κ2) is 4.03. The Balaban J connectivity index is 2.77. The first-order valence-corrected chi connectivity index (χ1v) is 4.51. The van der Waals surface area contributed by atoms with Gasteiger partial charge in [0.15, 0.2) is 0 Å². The van der Waals surface area contributed by atoms with E-state index in [9.17, 15) is 0 Å².